The molecule has 18 heavy (non-hydrogen) atoms. The van der Waals surface area contributed by atoms with Gasteiger partial charge in [0.2, 0.25) is 0 Å². The summed E-state index contributed by atoms with van der Waals surface area (Å²) in [5.41, 5.74) is 5.49. The van der Waals surface area contributed by atoms with Crippen LogP contribution in [-0.4, -0.2) is 6.54 Å². The fourth-order valence-corrected chi connectivity index (χ4v) is 2.99. The molecule has 0 amide bonds. The van der Waals surface area contributed by atoms with Crippen LogP contribution in [-0.2, 0) is 0 Å². The zero-order chi connectivity index (χ0) is 13.1. The SMILES string of the molecule is CCNC(c1ccc(C)c(C)c1)c1ccsc1C. The van der Waals surface area contributed by atoms with Crippen molar-refractivity contribution in [2.75, 3.05) is 6.54 Å². The molecule has 2 aromatic rings. The summed E-state index contributed by atoms with van der Waals surface area (Å²) in [5.74, 6) is 0. The van der Waals surface area contributed by atoms with Crippen molar-refractivity contribution >= 4 is 11.3 Å². The molecule has 1 aromatic carbocycles. The van der Waals surface area contributed by atoms with Gasteiger partial charge in [-0.3, -0.25) is 0 Å². The molecule has 1 N–H and O–H groups in total. The Morgan fingerprint density at radius 3 is 2.44 bits per heavy atom. The van der Waals surface area contributed by atoms with Crippen LogP contribution in [0.15, 0.2) is 29.6 Å². The summed E-state index contributed by atoms with van der Waals surface area (Å²) < 4.78 is 0. The van der Waals surface area contributed by atoms with Crippen molar-refractivity contribution < 1.29 is 0 Å². The normalized spacial score (nSPS) is 12.7. The van der Waals surface area contributed by atoms with Gasteiger partial charge >= 0.3 is 0 Å². The average molecular weight is 259 g/mol. The molecule has 1 nitrogen and oxygen atoms in total. The highest BCUT2D eigenvalue weighted by atomic mass is 32.1. The molecule has 0 bridgehead atoms. The number of hydrogen-bond acceptors (Lipinski definition) is 2. The van der Waals surface area contributed by atoms with E-state index in [2.05, 4.69) is 62.7 Å². The maximum Gasteiger partial charge on any atom is 0.0587 e. The number of thiophene rings is 1. The smallest absolute Gasteiger partial charge is 0.0587 e. The number of rotatable bonds is 4. The summed E-state index contributed by atoms with van der Waals surface area (Å²) in [6, 6.07) is 9.33. The highest BCUT2D eigenvalue weighted by Crippen LogP contribution is 2.29. The molecule has 96 valence electrons. The average Bonchev–Trinajstić information content (AvgIpc) is 2.76. The molecular weight excluding hydrogens is 238 g/mol. The number of nitrogens with one attached hydrogen (secondary N) is 1. The van der Waals surface area contributed by atoms with Crippen LogP contribution in [0.2, 0.25) is 0 Å². The number of hydrogen-bond donors (Lipinski definition) is 1. The monoisotopic (exact) mass is 259 g/mol. The van der Waals surface area contributed by atoms with Crippen molar-refractivity contribution in [1.29, 1.82) is 0 Å². The van der Waals surface area contributed by atoms with E-state index in [0.717, 1.165) is 6.54 Å². The van der Waals surface area contributed by atoms with E-state index in [9.17, 15) is 0 Å². The Hall–Kier alpha value is -1.12. The maximum absolute atomic E-state index is 3.60. The van der Waals surface area contributed by atoms with Crippen LogP contribution in [0.3, 0.4) is 0 Å². The molecule has 1 atom stereocenters. The molecule has 2 rings (SSSR count). The first-order valence-corrected chi connectivity index (χ1v) is 7.36. The number of benzene rings is 1. The highest BCUT2D eigenvalue weighted by molar-refractivity contribution is 7.10. The second kappa shape index (κ2) is 5.68. The van der Waals surface area contributed by atoms with Gasteiger partial charge in [-0.2, -0.15) is 0 Å². The van der Waals surface area contributed by atoms with Gasteiger partial charge in [-0.15, -0.1) is 11.3 Å². The summed E-state index contributed by atoms with van der Waals surface area (Å²) in [7, 11) is 0. The predicted octanol–water partition coefficient (Wildman–Crippen LogP) is 4.37. The lowest BCUT2D eigenvalue weighted by atomic mass is 9.96. The van der Waals surface area contributed by atoms with E-state index in [-0.39, 0.29) is 0 Å². The molecule has 0 spiro atoms. The fraction of sp³-hybridized carbons (Fsp3) is 0.375. The Morgan fingerprint density at radius 1 is 1.11 bits per heavy atom. The summed E-state index contributed by atoms with van der Waals surface area (Å²) >= 11 is 1.82. The summed E-state index contributed by atoms with van der Waals surface area (Å²) in [6.45, 7) is 9.69. The Morgan fingerprint density at radius 2 is 1.89 bits per heavy atom. The van der Waals surface area contributed by atoms with Crippen LogP contribution >= 0.6 is 11.3 Å². The molecule has 1 aromatic heterocycles. The van der Waals surface area contributed by atoms with Gasteiger partial charge in [0.1, 0.15) is 0 Å². The lowest BCUT2D eigenvalue weighted by Gasteiger charge is -2.19. The zero-order valence-electron chi connectivity index (χ0n) is 11.6. The summed E-state index contributed by atoms with van der Waals surface area (Å²) in [5, 5.41) is 5.77. The minimum atomic E-state index is 0.320. The van der Waals surface area contributed by atoms with Crippen LogP contribution in [0.4, 0.5) is 0 Å². The predicted molar refractivity (Wildman–Crippen MR) is 80.5 cm³/mol. The van der Waals surface area contributed by atoms with Gasteiger partial charge in [0, 0.05) is 4.88 Å². The van der Waals surface area contributed by atoms with Crippen molar-refractivity contribution in [2.24, 2.45) is 0 Å². The first kappa shape index (κ1) is 13.3. The molecule has 0 fully saturated rings. The first-order chi connectivity index (χ1) is 8.63. The van der Waals surface area contributed by atoms with Crippen LogP contribution in [0, 0.1) is 20.8 Å². The quantitative estimate of drug-likeness (QED) is 0.859. The fourth-order valence-electron chi connectivity index (χ4n) is 2.25. The third kappa shape index (κ3) is 2.65. The first-order valence-electron chi connectivity index (χ1n) is 6.48. The van der Waals surface area contributed by atoms with Crippen molar-refractivity contribution in [3.8, 4) is 0 Å². The van der Waals surface area contributed by atoms with Gasteiger partial charge in [-0.1, -0.05) is 25.1 Å². The van der Waals surface area contributed by atoms with E-state index in [1.54, 1.807) is 0 Å². The van der Waals surface area contributed by atoms with Gasteiger partial charge in [0.25, 0.3) is 0 Å². The van der Waals surface area contributed by atoms with E-state index in [4.69, 9.17) is 0 Å². The van der Waals surface area contributed by atoms with Gasteiger partial charge < -0.3 is 5.32 Å². The molecule has 1 heterocycles. The van der Waals surface area contributed by atoms with Crippen LogP contribution in [0.25, 0.3) is 0 Å². The maximum atomic E-state index is 3.60. The third-order valence-corrected chi connectivity index (χ3v) is 4.34. The minimum Gasteiger partial charge on any atom is -0.306 e. The van der Waals surface area contributed by atoms with E-state index in [0.29, 0.717) is 6.04 Å². The van der Waals surface area contributed by atoms with Crippen molar-refractivity contribution in [3.05, 3.63) is 56.8 Å². The van der Waals surface area contributed by atoms with Gasteiger partial charge in [-0.05, 0) is 61.0 Å². The molecule has 0 saturated carbocycles. The summed E-state index contributed by atoms with van der Waals surface area (Å²) in [6.07, 6.45) is 0. The van der Waals surface area contributed by atoms with Crippen LogP contribution in [0.5, 0.6) is 0 Å². The van der Waals surface area contributed by atoms with E-state index < -0.39 is 0 Å². The van der Waals surface area contributed by atoms with Crippen molar-refractivity contribution in [2.45, 2.75) is 33.7 Å². The molecule has 2 heteroatoms. The topological polar surface area (TPSA) is 12.0 Å². The molecule has 0 radical (unpaired) electrons. The second-order valence-electron chi connectivity index (χ2n) is 4.77. The molecule has 0 aliphatic heterocycles. The third-order valence-electron chi connectivity index (χ3n) is 3.48. The van der Waals surface area contributed by atoms with E-state index in [1.807, 2.05) is 11.3 Å². The minimum absolute atomic E-state index is 0.320. The molecule has 0 saturated heterocycles. The van der Waals surface area contributed by atoms with Crippen LogP contribution < -0.4 is 5.32 Å². The lowest BCUT2D eigenvalue weighted by molar-refractivity contribution is 0.629. The van der Waals surface area contributed by atoms with E-state index >= 15 is 0 Å². The van der Waals surface area contributed by atoms with Crippen molar-refractivity contribution in [3.63, 3.8) is 0 Å². The van der Waals surface area contributed by atoms with Crippen molar-refractivity contribution in [1.82, 2.24) is 5.32 Å². The molecule has 0 aliphatic rings. The molecular formula is C16H21NS. The van der Waals surface area contributed by atoms with Gasteiger partial charge in [-0.25, -0.2) is 0 Å². The lowest BCUT2D eigenvalue weighted by Crippen LogP contribution is -2.22. The Bertz CT molecular complexity index is 528. The largest absolute Gasteiger partial charge is 0.306 e. The Kier molecular flexibility index (Phi) is 4.20. The zero-order valence-corrected chi connectivity index (χ0v) is 12.4. The van der Waals surface area contributed by atoms with Gasteiger partial charge in [0.05, 0.1) is 6.04 Å². The highest BCUT2D eigenvalue weighted by Gasteiger charge is 2.16. The Labute approximate surface area is 114 Å². The summed E-state index contributed by atoms with van der Waals surface area (Å²) in [4.78, 5) is 1.40. The number of aryl methyl sites for hydroxylation is 3. The van der Waals surface area contributed by atoms with Gasteiger partial charge in [0.15, 0.2) is 0 Å². The Balaban J connectivity index is 2.41. The molecule has 0 aliphatic carbocycles. The van der Waals surface area contributed by atoms with Crippen LogP contribution in [0.1, 0.15) is 40.1 Å². The second-order valence-corrected chi connectivity index (χ2v) is 5.89. The standard InChI is InChI=1S/C16H21NS/c1-5-17-16(15-8-9-18-13(15)4)14-7-6-11(2)12(3)10-14/h6-10,16-17H,5H2,1-4H3. The van der Waals surface area contributed by atoms with E-state index in [1.165, 1.54) is 27.1 Å². The molecule has 1 unspecified atom stereocenters.